The van der Waals surface area contributed by atoms with Gasteiger partial charge in [0.25, 0.3) is 11.8 Å². The quantitative estimate of drug-likeness (QED) is 0.672. The highest BCUT2D eigenvalue weighted by Gasteiger charge is 2.34. The minimum Gasteiger partial charge on any atom is -0.326 e. The van der Waals surface area contributed by atoms with Crippen molar-refractivity contribution in [1.82, 2.24) is 9.62 Å². The van der Waals surface area contributed by atoms with Gasteiger partial charge in [0.15, 0.2) is 0 Å². The van der Waals surface area contributed by atoms with Gasteiger partial charge < -0.3 is 5.32 Å². The Morgan fingerprint density at radius 3 is 2.03 bits per heavy atom. The summed E-state index contributed by atoms with van der Waals surface area (Å²) in [6, 6.07) is 12.0. The van der Waals surface area contributed by atoms with Gasteiger partial charge in [-0.3, -0.25) is 19.3 Å². The van der Waals surface area contributed by atoms with Gasteiger partial charge in [-0.2, -0.15) is 0 Å². The van der Waals surface area contributed by atoms with E-state index in [1.807, 2.05) is 0 Å². The van der Waals surface area contributed by atoms with E-state index < -0.39 is 27.7 Å². The SMILES string of the molecule is CC(C)NS(=O)(=O)c1ccc(NC(=O)CCN2C(=O)c3ccccc3C2=O)cc1. The molecule has 1 heterocycles. The third kappa shape index (κ3) is 4.52. The van der Waals surface area contributed by atoms with E-state index in [4.69, 9.17) is 0 Å². The molecule has 8 nitrogen and oxygen atoms in total. The van der Waals surface area contributed by atoms with Crippen LogP contribution in [0, 0.1) is 0 Å². The van der Waals surface area contributed by atoms with Crippen LogP contribution in [0.4, 0.5) is 5.69 Å². The number of hydrogen-bond donors (Lipinski definition) is 2. The van der Waals surface area contributed by atoms with Crippen molar-refractivity contribution in [2.24, 2.45) is 0 Å². The maximum absolute atomic E-state index is 12.3. The number of rotatable bonds is 7. The number of nitrogens with one attached hydrogen (secondary N) is 2. The van der Waals surface area contributed by atoms with Gasteiger partial charge in [-0.05, 0) is 50.2 Å². The van der Waals surface area contributed by atoms with Gasteiger partial charge in [0.2, 0.25) is 15.9 Å². The third-order valence-electron chi connectivity index (χ3n) is 4.28. The molecule has 0 spiro atoms. The predicted octanol–water partition coefficient (Wildman–Crippen LogP) is 2.00. The molecule has 0 unspecified atom stereocenters. The highest BCUT2D eigenvalue weighted by Crippen LogP contribution is 2.22. The van der Waals surface area contributed by atoms with Gasteiger partial charge in [-0.15, -0.1) is 0 Å². The van der Waals surface area contributed by atoms with Crippen LogP contribution in [0.1, 0.15) is 41.0 Å². The van der Waals surface area contributed by atoms with Gasteiger partial charge in [-0.25, -0.2) is 13.1 Å². The number of hydrogen-bond acceptors (Lipinski definition) is 5. The lowest BCUT2D eigenvalue weighted by Gasteiger charge is -2.14. The summed E-state index contributed by atoms with van der Waals surface area (Å²) in [7, 11) is -3.61. The third-order valence-corrected chi connectivity index (χ3v) is 5.95. The van der Waals surface area contributed by atoms with E-state index in [-0.39, 0.29) is 23.9 Å². The van der Waals surface area contributed by atoms with Crippen molar-refractivity contribution in [1.29, 1.82) is 0 Å². The van der Waals surface area contributed by atoms with E-state index in [0.717, 1.165) is 4.90 Å². The van der Waals surface area contributed by atoms with Crippen LogP contribution in [0.5, 0.6) is 0 Å². The van der Waals surface area contributed by atoms with Crippen LogP contribution >= 0.6 is 0 Å². The zero-order valence-corrected chi connectivity index (χ0v) is 16.8. The normalized spacial score (nSPS) is 13.7. The minimum absolute atomic E-state index is 0.0387. The average Bonchev–Trinajstić information content (AvgIpc) is 2.90. The Hall–Kier alpha value is -3.04. The summed E-state index contributed by atoms with van der Waals surface area (Å²) in [6.45, 7) is 3.41. The molecule has 3 amide bonds. The number of sulfonamides is 1. The molecule has 9 heteroatoms. The molecule has 0 radical (unpaired) electrons. The molecule has 0 aromatic heterocycles. The molecule has 1 aliphatic heterocycles. The van der Waals surface area contributed by atoms with Crippen LogP contribution in [-0.2, 0) is 14.8 Å². The van der Waals surface area contributed by atoms with Gasteiger partial charge in [-0.1, -0.05) is 12.1 Å². The highest BCUT2D eigenvalue weighted by molar-refractivity contribution is 7.89. The molecule has 2 aromatic rings. The first kappa shape index (κ1) is 20.7. The number of imide groups is 1. The fourth-order valence-electron chi connectivity index (χ4n) is 2.97. The van der Waals surface area contributed by atoms with Crippen LogP contribution < -0.4 is 10.0 Å². The summed E-state index contributed by atoms with van der Waals surface area (Å²) < 4.78 is 26.7. The lowest BCUT2D eigenvalue weighted by molar-refractivity contribution is -0.116. The van der Waals surface area contributed by atoms with E-state index in [2.05, 4.69) is 10.0 Å². The number of amides is 3. The monoisotopic (exact) mass is 415 g/mol. The van der Waals surface area contributed by atoms with Crippen LogP contribution in [0.2, 0.25) is 0 Å². The first-order valence-electron chi connectivity index (χ1n) is 9.06. The Labute approximate surface area is 169 Å². The van der Waals surface area contributed by atoms with Crippen molar-refractivity contribution in [3.63, 3.8) is 0 Å². The van der Waals surface area contributed by atoms with Crippen molar-refractivity contribution < 1.29 is 22.8 Å². The fraction of sp³-hybridized carbons (Fsp3) is 0.250. The van der Waals surface area contributed by atoms with E-state index in [1.54, 1.807) is 38.1 Å². The first-order chi connectivity index (χ1) is 13.7. The molecular formula is C20H21N3O5S. The second-order valence-electron chi connectivity index (χ2n) is 6.91. The van der Waals surface area contributed by atoms with Gasteiger partial charge in [0.05, 0.1) is 16.0 Å². The Bertz CT molecular complexity index is 1030. The number of benzene rings is 2. The Balaban J connectivity index is 1.58. The number of carbonyl (C=O) groups is 3. The molecule has 0 saturated carbocycles. The highest BCUT2D eigenvalue weighted by atomic mass is 32.2. The molecule has 2 N–H and O–H groups in total. The maximum Gasteiger partial charge on any atom is 0.261 e. The van der Waals surface area contributed by atoms with Crippen molar-refractivity contribution >= 4 is 33.4 Å². The largest absolute Gasteiger partial charge is 0.326 e. The van der Waals surface area contributed by atoms with E-state index in [9.17, 15) is 22.8 Å². The molecule has 0 fully saturated rings. The number of anilines is 1. The fourth-order valence-corrected chi connectivity index (χ4v) is 4.23. The smallest absolute Gasteiger partial charge is 0.261 e. The molecule has 3 rings (SSSR count). The molecular weight excluding hydrogens is 394 g/mol. The molecule has 2 aromatic carbocycles. The van der Waals surface area contributed by atoms with E-state index in [0.29, 0.717) is 16.8 Å². The summed E-state index contributed by atoms with van der Waals surface area (Å²) >= 11 is 0. The number of fused-ring (bicyclic) bond motifs is 1. The topological polar surface area (TPSA) is 113 Å². The van der Waals surface area contributed by atoms with Gasteiger partial charge >= 0.3 is 0 Å². The van der Waals surface area contributed by atoms with Crippen LogP contribution in [0.15, 0.2) is 53.4 Å². The van der Waals surface area contributed by atoms with E-state index >= 15 is 0 Å². The molecule has 152 valence electrons. The first-order valence-corrected chi connectivity index (χ1v) is 10.5. The molecule has 1 aliphatic rings. The lowest BCUT2D eigenvalue weighted by Crippen LogP contribution is -2.32. The summed E-state index contributed by atoms with van der Waals surface area (Å²) in [6.07, 6.45) is -0.0690. The van der Waals surface area contributed by atoms with Crippen molar-refractivity contribution in [2.45, 2.75) is 31.2 Å². The van der Waals surface area contributed by atoms with Crippen molar-refractivity contribution in [3.8, 4) is 0 Å². The van der Waals surface area contributed by atoms with Gasteiger partial charge in [0.1, 0.15) is 0 Å². The summed E-state index contributed by atoms with van der Waals surface area (Å²) in [5, 5.41) is 2.63. The Morgan fingerprint density at radius 2 is 1.52 bits per heavy atom. The second-order valence-corrected chi connectivity index (χ2v) is 8.62. The number of nitrogens with zero attached hydrogens (tertiary/aromatic N) is 1. The molecule has 0 bridgehead atoms. The average molecular weight is 415 g/mol. The summed E-state index contributed by atoms with van der Waals surface area (Å²) in [5.74, 6) is -1.21. The number of carbonyl (C=O) groups excluding carboxylic acids is 3. The van der Waals surface area contributed by atoms with Crippen LogP contribution in [0.3, 0.4) is 0 Å². The zero-order chi connectivity index (χ0) is 21.2. The van der Waals surface area contributed by atoms with Crippen molar-refractivity contribution in [2.75, 3.05) is 11.9 Å². The predicted molar refractivity (Wildman–Crippen MR) is 107 cm³/mol. The van der Waals surface area contributed by atoms with Crippen LogP contribution in [0.25, 0.3) is 0 Å². The maximum atomic E-state index is 12.3. The standard InChI is InChI=1S/C20H21N3O5S/c1-13(2)22-29(27,28)15-9-7-14(8-10-15)21-18(24)11-12-23-19(25)16-5-3-4-6-17(16)20(23)26/h3-10,13,22H,11-12H2,1-2H3,(H,21,24). The Morgan fingerprint density at radius 1 is 0.966 bits per heavy atom. The molecule has 29 heavy (non-hydrogen) atoms. The second kappa shape index (κ2) is 8.14. The molecule has 0 atom stereocenters. The van der Waals surface area contributed by atoms with Gasteiger partial charge in [0, 0.05) is 24.7 Å². The zero-order valence-electron chi connectivity index (χ0n) is 16.0. The summed E-state index contributed by atoms with van der Waals surface area (Å²) in [5.41, 5.74) is 1.09. The Kier molecular flexibility index (Phi) is 5.81. The van der Waals surface area contributed by atoms with Crippen LogP contribution in [-0.4, -0.2) is 43.6 Å². The summed E-state index contributed by atoms with van der Waals surface area (Å²) in [4.78, 5) is 37.9. The molecule has 0 saturated heterocycles. The van der Waals surface area contributed by atoms with E-state index in [1.165, 1.54) is 24.3 Å². The lowest BCUT2D eigenvalue weighted by atomic mass is 10.1. The molecule has 0 aliphatic carbocycles. The van der Waals surface area contributed by atoms with Crippen molar-refractivity contribution in [3.05, 3.63) is 59.7 Å². The minimum atomic E-state index is -3.61.